The molecule has 0 saturated carbocycles. The number of hydrogen-bond acceptors (Lipinski definition) is 3. The van der Waals surface area contributed by atoms with E-state index >= 15 is 0 Å². The summed E-state index contributed by atoms with van der Waals surface area (Å²) in [5.74, 6) is 1.18. The zero-order valence-corrected chi connectivity index (χ0v) is 11.9. The van der Waals surface area contributed by atoms with Gasteiger partial charge in [-0.05, 0) is 46.3 Å². The highest BCUT2D eigenvalue weighted by Gasteiger charge is 2.24. The maximum absolute atomic E-state index is 4.63. The molecule has 1 saturated heterocycles. The molecule has 1 aliphatic rings. The van der Waals surface area contributed by atoms with Crippen molar-refractivity contribution in [1.82, 2.24) is 9.88 Å². The average Bonchev–Trinajstić information content (AvgIpc) is 2.41. The SMILES string of the molecule is CCN(CC)c1ncccc1[C@@H]1CCCCN1C. The molecule has 18 heavy (non-hydrogen) atoms. The number of pyridine rings is 1. The molecule has 3 heteroatoms. The van der Waals surface area contributed by atoms with Crippen molar-refractivity contribution in [2.24, 2.45) is 0 Å². The Hall–Kier alpha value is -1.09. The monoisotopic (exact) mass is 247 g/mol. The molecule has 2 rings (SSSR count). The molecule has 1 fully saturated rings. The topological polar surface area (TPSA) is 19.4 Å². The van der Waals surface area contributed by atoms with Gasteiger partial charge in [0.2, 0.25) is 0 Å². The van der Waals surface area contributed by atoms with E-state index in [1.54, 1.807) is 0 Å². The normalized spacial score (nSPS) is 20.9. The zero-order chi connectivity index (χ0) is 13.0. The molecule has 0 unspecified atom stereocenters. The second-order valence-corrected chi connectivity index (χ2v) is 5.08. The van der Waals surface area contributed by atoms with Crippen molar-refractivity contribution in [2.45, 2.75) is 39.2 Å². The van der Waals surface area contributed by atoms with Gasteiger partial charge in [0.05, 0.1) is 0 Å². The van der Waals surface area contributed by atoms with Crippen LogP contribution in [-0.2, 0) is 0 Å². The predicted octanol–water partition coefficient (Wildman–Crippen LogP) is 3.08. The summed E-state index contributed by atoms with van der Waals surface area (Å²) in [5.41, 5.74) is 1.41. The van der Waals surface area contributed by atoms with Gasteiger partial charge in [0.15, 0.2) is 0 Å². The van der Waals surface area contributed by atoms with E-state index in [0.29, 0.717) is 6.04 Å². The fraction of sp³-hybridized carbons (Fsp3) is 0.667. The Morgan fingerprint density at radius 3 is 2.78 bits per heavy atom. The van der Waals surface area contributed by atoms with Gasteiger partial charge in [-0.3, -0.25) is 4.90 Å². The van der Waals surface area contributed by atoms with Crippen LogP contribution in [-0.4, -0.2) is 36.6 Å². The summed E-state index contributed by atoms with van der Waals surface area (Å²) in [6, 6.07) is 4.88. The van der Waals surface area contributed by atoms with E-state index < -0.39 is 0 Å². The first-order valence-electron chi connectivity index (χ1n) is 7.18. The Morgan fingerprint density at radius 2 is 2.11 bits per heavy atom. The molecule has 2 heterocycles. The minimum Gasteiger partial charge on any atom is -0.357 e. The first-order chi connectivity index (χ1) is 8.77. The van der Waals surface area contributed by atoms with Crippen LogP contribution in [0.2, 0.25) is 0 Å². The van der Waals surface area contributed by atoms with E-state index in [2.05, 4.69) is 47.8 Å². The third-order valence-corrected chi connectivity index (χ3v) is 4.01. The van der Waals surface area contributed by atoms with Crippen LogP contribution in [0.3, 0.4) is 0 Å². The molecule has 0 radical (unpaired) electrons. The first-order valence-corrected chi connectivity index (χ1v) is 7.18. The third-order valence-electron chi connectivity index (χ3n) is 4.01. The van der Waals surface area contributed by atoms with E-state index in [9.17, 15) is 0 Å². The standard InChI is InChI=1S/C15H25N3/c1-4-18(5-2)15-13(9-8-11-16-15)14-10-6-7-12-17(14)3/h8-9,11,14H,4-7,10,12H2,1-3H3/t14-/m0/s1. The lowest BCUT2D eigenvalue weighted by Crippen LogP contribution is -2.32. The summed E-state index contributed by atoms with van der Waals surface area (Å²) in [4.78, 5) is 9.47. The Kier molecular flexibility index (Phi) is 4.59. The van der Waals surface area contributed by atoms with Crippen LogP contribution < -0.4 is 4.90 Å². The molecule has 0 aromatic carbocycles. The second kappa shape index (κ2) is 6.19. The molecule has 1 aromatic heterocycles. The molecule has 3 nitrogen and oxygen atoms in total. The second-order valence-electron chi connectivity index (χ2n) is 5.08. The average molecular weight is 247 g/mol. The predicted molar refractivity (Wildman–Crippen MR) is 77.0 cm³/mol. The largest absolute Gasteiger partial charge is 0.357 e. The smallest absolute Gasteiger partial charge is 0.133 e. The van der Waals surface area contributed by atoms with Gasteiger partial charge < -0.3 is 4.90 Å². The van der Waals surface area contributed by atoms with Gasteiger partial charge >= 0.3 is 0 Å². The third kappa shape index (κ3) is 2.66. The number of nitrogens with zero attached hydrogens (tertiary/aromatic N) is 3. The maximum Gasteiger partial charge on any atom is 0.133 e. The summed E-state index contributed by atoms with van der Waals surface area (Å²) in [6.07, 6.45) is 5.84. The lowest BCUT2D eigenvalue weighted by atomic mass is 9.96. The lowest BCUT2D eigenvalue weighted by molar-refractivity contribution is 0.187. The van der Waals surface area contributed by atoms with Crippen LogP contribution in [0, 0.1) is 0 Å². The summed E-state index contributed by atoms with van der Waals surface area (Å²) >= 11 is 0. The van der Waals surface area contributed by atoms with Gasteiger partial charge in [-0.15, -0.1) is 0 Å². The summed E-state index contributed by atoms with van der Waals surface area (Å²) < 4.78 is 0. The van der Waals surface area contributed by atoms with Crippen LogP contribution in [0.1, 0.15) is 44.7 Å². The number of aromatic nitrogens is 1. The molecule has 100 valence electrons. The van der Waals surface area contributed by atoms with Crippen molar-refractivity contribution in [3.8, 4) is 0 Å². The summed E-state index contributed by atoms with van der Waals surface area (Å²) in [5, 5.41) is 0. The molecule has 0 aliphatic carbocycles. The quantitative estimate of drug-likeness (QED) is 0.815. The number of rotatable bonds is 4. The Bertz CT molecular complexity index is 374. The van der Waals surface area contributed by atoms with Crippen molar-refractivity contribution in [3.63, 3.8) is 0 Å². The minimum absolute atomic E-state index is 0.544. The molecule has 1 aliphatic heterocycles. The van der Waals surface area contributed by atoms with Crippen LogP contribution in [0.25, 0.3) is 0 Å². The summed E-state index contributed by atoms with van der Waals surface area (Å²) in [7, 11) is 2.24. The molecule has 0 amide bonds. The van der Waals surface area contributed by atoms with Gasteiger partial charge in [-0.2, -0.15) is 0 Å². The molecular formula is C15H25N3. The number of hydrogen-bond donors (Lipinski definition) is 0. The Labute approximate surface area is 111 Å². The number of anilines is 1. The van der Waals surface area contributed by atoms with Crippen LogP contribution >= 0.6 is 0 Å². The lowest BCUT2D eigenvalue weighted by Gasteiger charge is -2.35. The highest BCUT2D eigenvalue weighted by molar-refractivity contribution is 5.48. The maximum atomic E-state index is 4.63. The summed E-state index contributed by atoms with van der Waals surface area (Å²) in [6.45, 7) is 7.66. The molecule has 1 aromatic rings. The van der Waals surface area contributed by atoms with Gasteiger partial charge in [-0.25, -0.2) is 4.98 Å². The van der Waals surface area contributed by atoms with E-state index in [-0.39, 0.29) is 0 Å². The Morgan fingerprint density at radius 1 is 1.33 bits per heavy atom. The van der Waals surface area contributed by atoms with Crippen LogP contribution in [0.5, 0.6) is 0 Å². The van der Waals surface area contributed by atoms with E-state index in [0.717, 1.165) is 13.1 Å². The molecule has 0 bridgehead atoms. The zero-order valence-electron chi connectivity index (χ0n) is 11.9. The fourth-order valence-electron chi connectivity index (χ4n) is 2.92. The van der Waals surface area contributed by atoms with Gasteiger partial charge in [0.1, 0.15) is 5.82 Å². The van der Waals surface area contributed by atoms with Gasteiger partial charge in [0, 0.05) is 30.9 Å². The molecule has 0 N–H and O–H groups in total. The van der Waals surface area contributed by atoms with E-state index in [1.807, 2.05) is 6.20 Å². The molecular weight excluding hydrogens is 222 g/mol. The van der Waals surface area contributed by atoms with E-state index in [4.69, 9.17) is 0 Å². The Balaban J connectivity index is 2.31. The van der Waals surface area contributed by atoms with Gasteiger partial charge in [0.25, 0.3) is 0 Å². The van der Waals surface area contributed by atoms with Crippen molar-refractivity contribution in [1.29, 1.82) is 0 Å². The van der Waals surface area contributed by atoms with Crippen LogP contribution in [0.15, 0.2) is 18.3 Å². The molecule has 0 spiro atoms. The van der Waals surface area contributed by atoms with Gasteiger partial charge in [-0.1, -0.05) is 12.5 Å². The van der Waals surface area contributed by atoms with Crippen molar-refractivity contribution in [2.75, 3.05) is 31.6 Å². The van der Waals surface area contributed by atoms with Crippen molar-refractivity contribution >= 4 is 5.82 Å². The van der Waals surface area contributed by atoms with E-state index in [1.165, 1.54) is 37.2 Å². The highest BCUT2D eigenvalue weighted by Crippen LogP contribution is 2.34. The molecule has 1 atom stereocenters. The number of likely N-dealkylation sites (tertiary alicyclic amines) is 1. The first kappa shape index (κ1) is 13.3. The van der Waals surface area contributed by atoms with Crippen molar-refractivity contribution in [3.05, 3.63) is 23.9 Å². The minimum atomic E-state index is 0.544. The fourth-order valence-corrected chi connectivity index (χ4v) is 2.92. The number of piperidine rings is 1. The highest BCUT2D eigenvalue weighted by atomic mass is 15.2. The van der Waals surface area contributed by atoms with Crippen LogP contribution in [0.4, 0.5) is 5.82 Å². The van der Waals surface area contributed by atoms with Crippen molar-refractivity contribution < 1.29 is 0 Å².